The number of alkyl halides is 3. The van der Waals surface area contributed by atoms with Crippen molar-refractivity contribution in [2.75, 3.05) is 14.1 Å². The van der Waals surface area contributed by atoms with Crippen molar-refractivity contribution in [3.05, 3.63) is 77.6 Å². The Bertz CT molecular complexity index is 880. The average molecular weight is 373 g/mol. The summed E-state index contributed by atoms with van der Waals surface area (Å²) >= 11 is 0. The van der Waals surface area contributed by atoms with Crippen LogP contribution < -0.4 is 0 Å². The highest BCUT2D eigenvalue weighted by atomic mass is 19.4. The first-order valence-corrected chi connectivity index (χ1v) is 8.70. The molecule has 6 heteroatoms. The van der Waals surface area contributed by atoms with Gasteiger partial charge in [-0.3, -0.25) is 0 Å². The number of nitrogens with zero attached hydrogens (tertiary/aromatic N) is 3. The summed E-state index contributed by atoms with van der Waals surface area (Å²) in [5.74, 6) is 0.744. The van der Waals surface area contributed by atoms with E-state index in [2.05, 4.69) is 22.0 Å². The number of halogens is 3. The van der Waals surface area contributed by atoms with Crippen LogP contribution in [0.2, 0.25) is 0 Å². The summed E-state index contributed by atoms with van der Waals surface area (Å²) in [6, 6.07) is 14.7. The van der Waals surface area contributed by atoms with E-state index in [1.54, 1.807) is 18.3 Å². The number of imidazole rings is 1. The molecule has 0 radical (unpaired) electrons. The van der Waals surface area contributed by atoms with Gasteiger partial charge in [0.15, 0.2) is 0 Å². The van der Waals surface area contributed by atoms with Gasteiger partial charge in [-0.25, -0.2) is 4.98 Å². The van der Waals surface area contributed by atoms with Gasteiger partial charge in [-0.1, -0.05) is 48.5 Å². The molecule has 0 saturated carbocycles. The monoisotopic (exact) mass is 373 g/mol. The third kappa shape index (κ3) is 5.20. The van der Waals surface area contributed by atoms with Crippen molar-refractivity contribution in [2.45, 2.75) is 25.7 Å². The number of rotatable bonds is 6. The zero-order chi connectivity index (χ0) is 19.4. The predicted molar refractivity (Wildman–Crippen MR) is 100 cm³/mol. The maximum absolute atomic E-state index is 12.5. The molecule has 142 valence electrons. The van der Waals surface area contributed by atoms with Crippen molar-refractivity contribution in [3.63, 3.8) is 0 Å². The molecule has 0 spiro atoms. The zero-order valence-electron chi connectivity index (χ0n) is 15.4. The first-order valence-electron chi connectivity index (χ1n) is 8.70. The van der Waals surface area contributed by atoms with E-state index in [4.69, 9.17) is 0 Å². The van der Waals surface area contributed by atoms with E-state index >= 15 is 0 Å². The standard InChI is InChI=1S/C21H22F3N3/c1-26(2)14-18-5-3-4-6-19(18)15-27-12-11-25-20(27)17-9-7-16(8-10-17)13-21(22,23)24/h3-12H,13-15H2,1-2H3. The minimum atomic E-state index is -4.20. The molecule has 3 nitrogen and oxygen atoms in total. The van der Waals surface area contributed by atoms with Gasteiger partial charge in [-0.2, -0.15) is 13.2 Å². The fourth-order valence-electron chi connectivity index (χ4n) is 3.09. The Morgan fingerprint density at radius 3 is 2.26 bits per heavy atom. The Hall–Kier alpha value is -2.60. The van der Waals surface area contributed by atoms with Gasteiger partial charge < -0.3 is 9.47 Å². The van der Waals surface area contributed by atoms with Crippen molar-refractivity contribution in [1.29, 1.82) is 0 Å². The third-order valence-corrected chi connectivity index (χ3v) is 4.28. The summed E-state index contributed by atoms with van der Waals surface area (Å²) in [5.41, 5.74) is 3.48. The molecule has 3 rings (SSSR count). The molecule has 27 heavy (non-hydrogen) atoms. The first-order chi connectivity index (χ1) is 12.8. The molecule has 0 bridgehead atoms. The van der Waals surface area contributed by atoms with Crippen LogP contribution in [-0.4, -0.2) is 34.7 Å². The zero-order valence-corrected chi connectivity index (χ0v) is 15.4. The van der Waals surface area contributed by atoms with E-state index in [-0.39, 0.29) is 5.56 Å². The largest absolute Gasteiger partial charge is 0.393 e. The van der Waals surface area contributed by atoms with Crippen LogP contribution in [0.25, 0.3) is 11.4 Å². The lowest BCUT2D eigenvalue weighted by Crippen LogP contribution is -2.13. The Morgan fingerprint density at radius 1 is 0.963 bits per heavy atom. The van der Waals surface area contributed by atoms with Crippen LogP contribution in [-0.2, 0) is 19.5 Å². The molecule has 0 atom stereocenters. The van der Waals surface area contributed by atoms with Gasteiger partial charge in [0.2, 0.25) is 0 Å². The molecule has 1 aromatic heterocycles. The normalized spacial score (nSPS) is 11.9. The first kappa shape index (κ1) is 19.2. The number of hydrogen-bond acceptors (Lipinski definition) is 2. The van der Waals surface area contributed by atoms with Crippen LogP contribution in [0.5, 0.6) is 0 Å². The van der Waals surface area contributed by atoms with Gasteiger partial charge in [0.05, 0.1) is 6.42 Å². The third-order valence-electron chi connectivity index (χ3n) is 4.28. The highest BCUT2D eigenvalue weighted by Gasteiger charge is 2.27. The molecule has 1 heterocycles. The van der Waals surface area contributed by atoms with Gasteiger partial charge in [-0.05, 0) is 30.8 Å². The van der Waals surface area contributed by atoms with Crippen LogP contribution in [0.15, 0.2) is 60.9 Å². The topological polar surface area (TPSA) is 21.1 Å². The lowest BCUT2D eigenvalue weighted by atomic mass is 10.1. The van der Waals surface area contributed by atoms with Crippen molar-refractivity contribution >= 4 is 0 Å². The van der Waals surface area contributed by atoms with Gasteiger partial charge in [0.25, 0.3) is 0 Å². The summed E-state index contributed by atoms with van der Waals surface area (Å²) in [6.45, 7) is 1.50. The Balaban J connectivity index is 1.83. The fourth-order valence-corrected chi connectivity index (χ4v) is 3.09. The van der Waals surface area contributed by atoms with Crippen LogP contribution in [0.4, 0.5) is 13.2 Å². The summed E-state index contributed by atoms with van der Waals surface area (Å²) in [7, 11) is 4.06. The maximum atomic E-state index is 12.5. The maximum Gasteiger partial charge on any atom is 0.393 e. The van der Waals surface area contributed by atoms with Crippen LogP contribution >= 0.6 is 0 Å². The van der Waals surface area contributed by atoms with Gasteiger partial charge in [-0.15, -0.1) is 0 Å². The minimum absolute atomic E-state index is 0.251. The van der Waals surface area contributed by atoms with E-state index < -0.39 is 12.6 Å². The van der Waals surface area contributed by atoms with E-state index in [0.717, 1.165) is 17.9 Å². The number of aromatic nitrogens is 2. The quantitative estimate of drug-likeness (QED) is 0.621. The van der Waals surface area contributed by atoms with Crippen molar-refractivity contribution in [1.82, 2.24) is 14.5 Å². The molecule has 0 aliphatic heterocycles. The molecule has 0 N–H and O–H groups in total. The molecule has 3 aromatic rings. The van der Waals surface area contributed by atoms with Crippen LogP contribution in [0.1, 0.15) is 16.7 Å². The van der Waals surface area contributed by atoms with Crippen molar-refractivity contribution < 1.29 is 13.2 Å². The van der Waals surface area contributed by atoms with E-state index in [1.165, 1.54) is 23.3 Å². The predicted octanol–water partition coefficient (Wildman–Crippen LogP) is 4.76. The molecule has 0 fully saturated rings. The molecular formula is C21H22F3N3. The van der Waals surface area contributed by atoms with E-state index in [1.807, 2.05) is 37.0 Å². The summed E-state index contributed by atoms with van der Waals surface area (Å²) in [6.07, 6.45) is -1.51. The Labute approximate surface area is 157 Å². The summed E-state index contributed by atoms with van der Waals surface area (Å²) in [4.78, 5) is 6.53. The molecular weight excluding hydrogens is 351 g/mol. The molecule has 0 saturated heterocycles. The molecule has 2 aromatic carbocycles. The Morgan fingerprint density at radius 2 is 1.63 bits per heavy atom. The lowest BCUT2D eigenvalue weighted by molar-refractivity contribution is -0.127. The highest BCUT2D eigenvalue weighted by molar-refractivity contribution is 5.56. The smallest absolute Gasteiger partial charge is 0.327 e. The molecule has 0 unspecified atom stereocenters. The van der Waals surface area contributed by atoms with E-state index in [0.29, 0.717) is 6.54 Å². The Kier molecular flexibility index (Phi) is 5.65. The highest BCUT2D eigenvalue weighted by Crippen LogP contribution is 2.24. The minimum Gasteiger partial charge on any atom is -0.327 e. The van der Waals surface area contributed by atoms with Crippen LogP contribution in [0, 0.1) is 0 Å². The number of benzene rings is 2. The van der Waals surface area contributed by atoms with Crippen LogP contribution in [0.3, 0.4) is 0 Å². The second-order valence-corrected chi connectivity index (χ2v) is 6.87. The fraction of sp³-hybridized carbons (Fsp3) is 0.286. The molecule has 0 aliphatic rings. The van der Waals surface area contributed by atoms with Crippen molar-refractivity contribution in [2.24, 2.45) is 0 Å². The van der Waals surface area contributed by atoms with Crippen molar-refractivity contribution in [3.8, 4) is 11.4 Å². The molecule has 0 aliphatic carbocycles. The van der Waals surface area contributed by atoms with E-state index in [9.17, 15) is 13.2 Å². The van der Waals surface area contributed by atoms with Gasteiger partial charge in [0.1, 0.15) is 5.82 Å². The average Bonchev–Trinajstić information content (AvgIpc) is 3.04. The number of hydrogen-bond donors (Lipinski definition) is 0. The van der Waals surface area contributed by atoms with Gasteiger partial charge in [0, 0.05) is 31.0 Å². The summed E-state index contributed by atoms with van der Waals surface area (Å²) in [5, 5.41) is 0. The second-order valence-electron chi connectivity index (χ2n) is 6.87. The summed E-state index contributed by atoms with van der Waals surface area (Å²) < 4.78 is 39.6. The second kappa shape index (κ2) is 7.96. The lowest BCUT2D eigenvalue weighted by Gasteiger charge is -2.16. The SMILES string of the molecule is CN(C)Cc1ccccc1Cn1ccnc1-c1ccc(CC(F)(F)F)cc1. The van der Waals surface area contributed by atoms with Gasteiger partial charge >= 0.3 is 6.18 Å². The molecule has 0 amide bonds.